The number of rotatable bonds is 6. The molecular formula is C13H18N2O4. The van der Waals surface area contributed by atoms with E-state index in [0.29, 0.717) is 29.7 Å². The van der Waals surface area contributed by atoms with Gasteiger partial charge in [0, 0.05) is 29.8 Å². The largest absolute Gasteiger partial charge is 0.396 e. The molecule has 1 rings (SSSR count). The Morgan fingerprint density at radius 3 is 2.63 bits per heavy atom. The van der Waals surface area contributed by atoms with Crippen molar-refractivity contribution in [3.63, 3.8) is 0 Å². The van der Waals surface area contributed by atoms with E-state index in [1.165, 1.54) is 13.1 Å². The molecule has 1 atom stereocenters. The Morgan fingerprint density at radius 1 is 1.53 bits per heavy atom. The van der Waals surface area contributed by atoms with Crippen LogP contribution in [0.4, 0.5) is 5.69 Å². The summed E-state index contributed by atoms with van der Waals surface area (Å²) < 4.78 is 0. The maximum Gasteiger partial charge on any atom is 0.278 e. The molecule has 0 fully saturated rings. The number of nitro groups is 1. The number of aryl methyl sites for hydroxylation is 1. The van der Waals surface area contributed by atoms with Crippen LogP contribution in [0.15, 0.2) is 6.20 Å². The van der Waals surface area contributed by atoms with E-state index in [2.05, 4.69) is 4.98 Å². The SMILES string of the molecule is CC(=O)C(CCO)Cc1ncc(C)c([N+](=O)[O-])c1C. The fourth-order valence-electron chi connectivity index (χ4n) is 2.09. The summed E-state index contributed by atoms with van der Waals surface area (Å²) in [4.78, 5) is 26.2. The number of aliphatic hydroxyl groups is 1. The summed E-state index contributed by atoms with van der Waals surface area (Å²) in [5.41, 5.74) is 1.60. The van der Waals surface area contributed by atoms with Crippen LogP contribution in [0.3, 0.4) is 0 Å². The van der Waals surface area contributed by atoms with Crippen molar-refractivity contribution in [1.82, 2.24) is 4.98 Å². The molecule has 19 heavy (non-hydrogen) atoms. The third-order valence-corrected chi connectivity index (χ3v) is 3.25. The van der Waals surface area contributed by atoms with Crippen LogP contribution >= 0.6 is 0 Å². The predicted octanol–water partition coefficient (Wildman–Crippen LogP) is 1.74. The molecule has 104 valence electrons. The molecule has 1 unspecified atom stereocenters. The highest BCUT2D eigenvalue weighted by atomic mass is 16.6. The fourth-order valence-corrected chi connectivity index (χ4v) is 2.09. The minimum absolute atomic E-state index is 0.0431. The van der Waals surface area contributed by atoms with Crippen LogP contribution in [-0.2, 0) is 11.2 Å². The highest BCUT2D eigenvalue weighted by Crippen LogP contribution is 2.26. The van der Waals surface area contributed by atoms with Crippen molar-refractivity contribution >= 4 is 11.5 Å². The van der Waals surface area contributed by atoms with E-state index >= 15 is 0 Å². The second-order valence-electron chi connectivity index (χ2n) is 4.64. The van der Waals surface area contributed by atoms with E-state index < -0.39 is 4.92 Å². The lowest BCUT2D eigenvalue weighted by Gasteiger charge is -2.14. The first-order valence-electron chi connectivity index (χ1n) is 6.09. The maximum absolute atomic E-state index is 11.5. The lowest BCUT2D eigenvalue weighted by atomic mass is 9.93. The average Bonchev–Trinajstić information content (AvgIpc) is 2.31. The number of Topliss-reactive ketones (excluding diaryl/α,β-unsaturated/α-hetero) is 1. The lowest BCUT2D eigenvalue weighted by Crippen LogP contribution is -2.17. The Kier molecular flexibility index (Phi) is 5.11. The van der Waals surface area contributed by atoms with E-state index in [-0.39, 0.29) is 24.0 Å². The van der Waals surface area contributed by atoms with Gasteiger partial charge in [0.2, 0.25) is 0 Å². The molecule has 0 aliphatic rings. The van der Waals surface area contributed by atoms with Gasteiger partial charge < -0.3 is 5.11 Å². The summed E-state index contributed by atoms with van der Waals surface area (Å²) in [5.74, 6) is -0.392. The van der Waals surface area contributed by atoms with Gasteiger partial charge in [-0.15, -0.1) is 0 Å². The molecule has 0 aliphatic carbocycles. The average molecular weight is 266 g/mol. The highest BCUT2D eigenvalue weighted by Gasteiger charge is 2.22. The standard InChI is InChI=1S/C13H18N2O4/c1-8-7-14-12(9(2)13(8)15(18)19)6-11(4-5-16)10(3)17/h7,11,16H,4-6H2,1-3H3. The van der Waals surface area contributed by atoms with E-state index in [1.807, 2.05) is 0 Å². The quantitative estimate of drug-likeness (QED) is 0.625. The van der Waals surface area contributed by atoms with E-state index in [4.69, 9.17) is 5.11 Å². The normalized spacial score (nSPS) is 12.2. The molecule has 6 nitrogen and oxygen atoms in total. The van der Waals surface area contributed by atoms with Gasteiger partial charge in [0.15, 0.2) is 0 Å². The summed E-state index contributed by atoms with van der Waals surface area (Å²) in [6, 6.07) is 0. The molecule has 0 saturated carbocycles. The molecule has 0 spiro atoms. The van der Waals surface area contributed by atoms with Gasteiger partial charge in [0.1, 0.15) is 5.78 Å². The van der Waals surface area contributed by atoms with Crippen LogP contribution < -0.4 is 0 Å². The van der Waals surface area contributed by atoms with Crippen molar-refractivity contribution in [2.45, 2.75) is 33.6 Å². The van der Waals surface area contributed by atoms with Gasteiger partial charge in [-0.1, -0.05) is 0 Å². The number of nitrogens with zero attached hydrogens (tertiary/aromatic N) is 2. The monoisotopic (exact) mass is 266 g/mol. The molecule has 0 aliphatic heterocycles. The summed E-state index contributed by atoms with van der Waals surface area (Å²) in [6.07, 6.45) is 2.12. The Labute approximate surface area is 111 Å². The van der Waals surface area contributed by atoms with Gasteiger partial charge >= 0.3 is 0 Å². The van der Waals surface area contributed by atoms with Crippen molar-refractivity contribution < 1.29 is 14.8 Å². The van der Waals surface area contributed by atoms with Gasteiger partial charge in [0.25, 0.3) is 5.69 Å². The Bertz CT molecular complexity index is 500. The molecule has 6 heteroatoms. The molecule has 1 heterocycles. The Balaban J connectivity index is 3.11. The first-order chi connectivity index (χ1) is 8.88. The predicted molar refractivity (Wildman–Crippen MR) is 69.9 cm³/mol. The highest BCUT2D eigenvalue weighted by molar-refractivity contribution is 5.78. The minimum atomic E-state index is -0.426. The molecule has 1 aromatic heterocycles. The summed E-state index contributed by atoms with van der Waals surface area (Å²) in [7, 11) is 0. The van der Waals surface area contributed by atoms with Gasteiger partial charge in [-0.05, 0) is 33.6 Å². The Morgan fingerprint density at radius 2 is 2.16 bits per heavy atom. The topological polar surface area (TPSA) is 93.3 Å². The fraction of sp³-hybridized carbons (Fsp3) is 0.538. The number of hydrogen-bond acceptors (Lipinski definition) is 5. The third-order valence-electron chi connectivity index (χ3n) is 3.25. The molecule has 0 amide bonds. The molecule has 0 radical (unpaired) electrons. The number of aliphatic hydroxyl groups excluding tert-OH is 1. The first kappa shape index (κ1) is 15.2. The third kappa shape index (κ3) is 3.57. The van der Waals surface area contributed by atoms with Gasteiger partial charge in [-0.25, -0.2) is 0 Å². The van der Waals surface area contributed by atoms with Crippen LogP contribution in [0, 0.1) is 29.9 Å². The van der Waals surface area contributed by atoms with Gasteiger partial charge in [-0.2, -0.15) is 0 Å². The number of carbonyl (C=O) groups excluding carboxylic acids is 1. The number of ketones is 1. The van der Waals surface area contributed by atoms with Crippen LogP contribution in [-0.4, -0.2) is 27.4 Å². The second kappa shape index (κ2) is 6.38. The lowest BCUT2D eigenvalue weighted by molar-refractivity contribution is -0.386. The second-order valence-corrected chi connectivity index (χ2v) is 4.64. The van der Waals surface area contributed by atoms with Gasteiger partial charge in [-0.3, -0.25) is 19.9 Å². The molecule has 0 bridgehead atoms. The van der Waals surface area contributed by atoms with Crippen molar-refractivity contribution in [3.05, 3.63) is 33.1 Å². The smallest absolute Gasteiger partial charge is 0.278 e. The minimum Gasteiger partial charge on any atom is -0.396 e. The first-order valence-corrected chi connectivity index (χ1v) is 6.09. The number of hydrogen-bond donors (Lipinski definition) is 1. The van der Waals surface area contributed by atoms with Crippen LogP contribution in [0.1, 0.15) is 30.2 Å². The number of pyridine rings is 1. The molecule has 1 N–H and O–H groups in total. The molecule has 0 saturated heterocycles. The molecular weight excluding hydrogens is 248 g/mol. The van der Waals surface area contributed by atoms with Crippen LogP contribution in [0.5, 0.6) is 0 Å². The van der Waals surface area contributed by atoms with Crippen molar-refractivity contribution in [2.24, 2.45) is 5.92 Å². The zero-order valence-electron chi connectivity index (χ0n) is 11.3. The summed E-state index contributed by atoms with van der Waals surface area (Å²) in [5, 5.41) is 19.9. The summed E-state index contributed by atoms with van der Waals surface area (Å²) >= 11 is 0. The Hall–Kier alpha value is -1.82. The van der Waals surface area contributed by atoms with Crippen LogP contribution in [0.2, 0.25) is 0 Å². The van der Waals surface area contributed by atoms with E-state index in [9.17, 15) is 14.9 Å². The molecule has 0 aromatic carbocycles. The molecule has 1 aromatic rings. The van der Waals surface area contributed by atoms with E-state index in [1.54, 1.807) is 13.8 Å². The zero-order chi connectivity index (χ0) is 14.6. The number of aromatic nitrogens is 1. The maximum atomic E-state index is 11.5. The van der Waals surface area contributed by atoms with Crippen molar-refractivity contribution in [3.8, 4) is 0 Å². The van der Waals surface area contributed by atoms with Crippen molar-refractivity contribution in [2.75, 3.05) is 6.61 Å². The van der Waals surface area contributed by atoms with Crippen molar-refractivity contribution in [1.29, 1.82) is 0 Å². The zero-order valence-corrected chi connectivity index (χ0v) is 11.3. The van der Waals surface area contributed by atoms with E-state index in [0.717, 1.165) is 0 Å². The van der Waals surface area contributed by atoms with Crippen LogP contribution in [0.25, 0.3) is 0 Å². The summed E-state index contributed by atoms with van der Waals surface area (Å²) in [6.45, 7) is 4.65. The number of carbonyl (C=O) groups is 1. The van der Waals surface area contributed by atoms with Gasteiger partial charge in [0.05, 0.1) is 10.6 Å².